The number of rotatable bonds is 10. The normalized spacial score (nSPS) is 13.7. The molecule has 3 aromatic carbocycles. The zero-order valence-corrected chi connectivity index (χ0v) is 27.5. The van der Waals surface area contributed by atoms with Crippen molar-refractivity contribution < 1.29 is 9.47 Å². The third kappa shape index (κ3) is 8.13. The van der Waals surface area contributed by atoms with Crippen LogP contribution in [0.25, 0.3) is 22.3 Å². The number of ether oxygens (including phenoxy) is 2. The second kappa shape index (κ2) is 12.9. The van der Waals surface area contributed by atoms with E-state index in [0.717, 1.165) is 34.4 Å². The van der Waals surface area contributed by atoms with Crippen LogP contribution in [0.2, 0.25) is 0 Å². The fraction of sp³-hybridized carbons (Fsp3) is 0.500. The summed E-state index contributed by atoms with van der Waals surface area (Å²) in [4.78, 5) is 0. The maximum Gasteiger partial charge on any atom is 0.162 e. The van der Waals surface area contributed by atoms with Gasteiger partial charge >= 0.3 is 0 Å². The molecule has 0 fully saturated rings. The van der Waals surface area contributed by atoms with Crippen molar-refractivity contribution in [1.29, 1.82) is 0 Å². The first-order valence-corrected chi connectivity index (χ1v) is 15.4. The summed E-state index contributed by atoms with van der Waals surface area (Å²) < 4.78 is 13.7. The van der Waals surface area contributed by atoms with Crippen LogP contribution in [0.15, 0.2) is 59.1 Å². The monoisotopic (exact) mass is 592 g/mol. The summed E-state index contributed by atoms with van der Waals surface area (Å²) in [7, 11) is 0. The number of hydrogen-bond acceptors (Lipinski definition) is 2. The molecule has 0 radical (unpaired) electrons. The Balaban J connectivity index is 2.18. The Hall–Kier alpha value is -2.26. The molecule has 2 nitrogen and oxygen atoms in total. The van der Waals surface area contributed by atoms with Crippen LogP contribution in [-0.4, -0.2) is 13.2 Å². The van der Waals surface area contributed by atoms with E-state index in [1.807, 2.05) is 0 Å². The van der Waals surface area contributed by atoms with Gasteiger partial charge in [0.05, 0.1) is 13.2 Å². The van der Waals surface area contributed by atoms with Crippen LogP contribution >= 0.6 is 15.9 Å². The van der Waals surface area contributed by atoms with Crippen molar-refractivity contribution in [3.05, 3.63) is 70.2 Å². The van der Waals surface area contributed by atoms with Crippen molar-refractivity contribution in [2.24, 2.45) is 11.8 Å². The summed E-state index contributed by atoms with van der Waals surface area (Å²) >= 11 is 3.92. The highest BCUT2D eigenvalue weighted by Crippen LogP contribution is 2.44. The van der Waals surface area contributed by atoms with Crippen molar-refractivity contribution in [3.63, 3.8) is 0 Å². The molecular formula is C36H49BrO2. The van der Waals surface area contributed by atoms with Crippen LogP contribution in [0.4, 0.5) is 0 Å². The van der Waals surface area contributed by atoms with Crippen LogP contribution in [-0.2, 0) is 10.8 Å². The zero-order valence-electron chi connectivity index (χ0n) is 25.9. The van der Waals surface area contributed by atoms with E-state index < -0.39 is 0 Å². The molecule has 0 aliphatic carbocycles. The van der Waals surface area contributed by atoms with Crippen LogP contribution in [0.1, 0.15) is 93.2 Å². The quantitative estimate of drug-likeness (QED) is 0.233. The Kier molecular flexibility index (Phi) is 10.4. The number of halogens is 1. The molecule has 2 atom stereocenters. The van der Waals surface area contributed by atoms with E-state index >= 15 is 0 Å². The summed E-state index contributed by atoms with van der Waals surface area (Å²) in [6.07, 6.45) is 2.16. The summed E-state index contributed by atoms with van der Waals surface area (Å²) in [6, 6.07) is 20.2. The molecule has 0 aliphatic rings. The average molecular weight is 594 g/mol. The average Bonchev–Trinajstić information content (AvgIpc) is 2.89. The lowest BCUT2D eigenvalue weighted by Crippen LogP contribution is -2.12. The van der Waals surface area contributed by atoms with Gasteiger partial charge in [0, 0.05) is 10.0 Å². The fourth-order valence-electron chi connectivity index (χ4n) is 4.30. The highest BCUT2D eigenvalue weighted by atomic mass is 79.9. The Labute approximate surface area is 246 Å². The molecule has 0 aliphatic heterocycles. The molecule has 0 spiro atoms. The standard InChI is InChI=1S/C36H49BrO2/c1-11-24(3)22-38-33-20-31(32(37)21-34(33)39-23-25(4)12-2)30-19-28(36(8,9)10)17-18-29(30)26-13-15-27(16-14-26)35(5,6)7/h13-21,24-25H,11-12,22-23H2,1-10H3. The molecule has 0 bridgehead atoms. The minimum Gasteiger partial charge on any atom is -0.489 e. The molecule has 39 heavy (non-hydrogen) atoms. The molecule has 0 aromatic heterocycles. The number of hydrogen-bond donors (Lipinski definition) is 0. The van der Waals surface area contributed by atoms with Gasteiger partial charge in [-0.05, 0) is 68.7 Å². The van der Waals surface area contributed by atoms with E-state index in [9.17, 15) is 0 Å². The molecule has 2 unspecified atom stereocenters. The van der Waals surface area contributed by atoms with Gasteiger partial charge in [0.25, 0.3) is 0 Å². The van der Waals surface area contributed by atoms with Gasteiger partial charge < -0.3 is 9.47 Å². The lowest BCUT2D eigenvalue weighted by molar-refractivity contribution is 0.217. The highest BCUT2D eigenvalue weighted by Gasteiger charge is 2.21. The van der Waals surface area contributed by atoms with Crippen molar-refractivity contribution in [1.82, 2.24) is 0 Å². The summed E-state index contributed by atoms with van der Waals surface area (Å²) in [6.45, 7) is 23.8. The SMILES string of the molecule is CCC(C)COc1cc(Br)c(-c2cc(C(C)(C)C)ccc2-c2ccc(C(C)(C)C)cc2)cc1OCC(C)CC. The lowest BCUT2D eigenvalue weighted by atomic mass is 9.82. The second-order valence-corrected chi connectivity index (χ2v) is 14.1. The maximum absolute atomic E-state index is 6.42. The summed E-state index contributed by atoms with van der Waals surface area (Å²) in [5.74, 6) is 2.57. The topological polar surface area (TPSA) is 18.5 Å². The minimum absolute atomic E-state index is 0.0328. The molecule has 3 rings (SSSR count). The van der Waals surface area contributed by atoms with E-state index in [1.54, 1.807) is 0 Å². The Morgan fingerprint density at radius 1 is 0.615 bits per heavy atom. The molecule has 212 valence electrons. The number of benzene rings is 3. The molecular weight excluding hydrogens is 544 g/mol. The molecule has 0 heterocycles. The van der Waals surface area contributed by atoms with Crippen LogP contribution in [0, 0.1) is 11.8 Å². The smallest absolute Gasteiger partial charge is 0.162 e. The van der Waals surface area contributed by atoms with Gasteiger partial charge in [-0.1, -0.05) is 134 Å². The predicted molar refractivity (Wildman–Crippen MR) is 172 cm³/mol. The Bertz CT molecular complexity index is 1230. The third-order valence-corrected chi connectivity index (χ3v) is 8.37. The second-order valence-electron chi connectivity index (χ2n) is 13.3. The van der Waals surface area contributed by atoms with Gasteiger partial charge in [-0.25, -0.2) is 0 Å². The first-order valence-electron chi connectivity index (χ1n) is 14.6. The highest BCUT2D eigenvalue weighted by molar-refractivity contribution is 9.10. The molecule has 0 saturated carbocycles. The van der Waals surface area contributed by atoms with Gasteiger partial charge in [0.2, 0.25) is 0 Å². The largest absolute Gasteiger partial charge is 0.489 e. The van der Waals surface area contributed by atoms with Crippen LogP contribution in [0.3, 0.4) is 0 Å². The van der Waals surface area contributed by atoms with E-state index in [-0.39, 0.29) is 10.8 Å². The fourth-order valence-corrected chi connectivity index (χ4v) is 4.84. The van der Waals surface area contributed by atoms with E-state index in [1.165, 1.54) is 27.8 Å². The van der Waals surface area contributed by atoms with E-state index in [2.05, 4.69) is 140 Å². The van der Waals surface area contributed by atoms with Gasteiger partial charge in [-0.15, -0.1) is 0 Å². The lowest BCUT2D eigenvalue weighted by Gasteiger charge is -2.24. The van der Waals surface area contributed by atoms with Crippen molar-refractivity contribution in [2.45, 2.75) is 92.9 Å². The van der Waals surface area contributed by atoms with Gasteiger partial charge in [0.1, 0.15) is 0 Å². The molecule has 0 amide bonds. The predicted octanol–water partition coefficient (Wildman–Crippen LogP) is 11.2. The van der Waals surface area contributed by atoms with Gasteiger partial charge in [-0.3, -0.25) is 0 Å². The summed E-state index contributed by atoms with van der Waals surface area (Å²) in [5, 5.41) is 0. The summed E-state index contributed by atoms with van der Waals surface area (Å²) in [5.41, 5.74) is 7.53. The molecule has 0 saturated heterocycles. The van der Waals surface area contributed by atoms with Gasteiger partial charge in [-0.2, -0.15) is 0 Å². The molecule has 0 N–H and O–H groups in total. The molecule has 3 aromatic rings. The van der Waals surface area contributed by atoms with Crippen molar-refractivity contribution in [3.8, 4) is 33.8 Å². The first-order chi connectivity index (χ1) is 18.2. The zero-order chi connectivity index (χ0) is 29.0. The van der Waals surface area contributed by atoms with Gasteiger partial charge in [0.15, 0.2) is 11.5 Å². The minimum atomic E-state index is 0.0328. The van der Waals surface area contributed by atoms with Crippen LogP contribution in [0.5, 0.6) is 11.5 Å². The van der Waals surface area contributed by atoms with Crippen molar-refractivity contribution in [2.75, 3.05) is 13.2 Å². The first kappa shape index (κ1) is 31.3. The van der Waals surface area contributed by atoms with Crippen LogP contribution < -0.4 is 9.47 Å². The van der Waals surface area contributed by atoms with E-state index in [0.29, 0.717) is 25.0 Å². The maximum atomic E-state index is 6.42. The molecule has 3 heteroatoms. The van der Waals surface area contributed by atoms with Crippen molar-refractivity contribution >= 4 is 15.9 Å². The third-order valence-electron chi connectivity index (χ3n) is 7.71. The Morgan fingerprint density at radius 2 is 1.10 bits per heavy atom. The van der Waals surface area contributed by atoms with E-state index in [4.69, 9.17) is 9.47 Å². The Morgan fingerprint density at radius 3 is 1.59 bits per heavy atom.